The molecule has 1 aromatic heterocycles. The zero-order chi connectivity index (χ0) is 15.2. The minimum Gasteiger partial charge on any atom is -0.451 e. The van der Waals surface area contributed by atoms with Crippen LogP contribution in [0, 0.1) is 5.82 Å². The largest absolute Gasteiger partial charge is 0.451 e. The molecule has 1 heterocycles. The van der Waals surface area contributed by atoms with Crippen molar-refractivity contribution in [3.63, 3.8) is 0 Å². The number of amides is 1. The van der Waals surface area contributed by atoms with E-state index in [1.54, 1.807) is 24.3 Å². The van der Waals surface area contributed by atoms with Crippen molar-refractivity contribution >= 4 is 18.3 Å². The first-order valence-corrected chi connectivity index (χ1v) is 6.97. The minimum absolute atomic E-state index is 0. The highest BCUT2D eigenvalue weighted by Crippen LogP contribution is 2.22. The van der Waals surface area contributed by atoms with E-state index in [9.17, 15) is 9.18 Å². The zero-order valence-electron chi connectivity index (χ0n) is 12.6. The fraction of sp³-hybridized carbons (Fsp3) is 0.312. The Morgan fingerprint density at radius 1 is 1.23 bits per heavy atom. The van der Waals surface area contributed by atoms with E-state index < -0.39 is 0 Å². The van der Waals surface area contributed by atoms with E-state index in [0.29, 0.717) is 12.3 Å². The van der Waals surface area contributed by atoms with Gasteiger partial charge in [-0.25, -0.2) is 4.39 Å². The van der Waals surface area contributed by atoms with Crippen molar-refractivity contribution in [3.05, 3.63) is 48.0 Å². The number of benzene rings is 1. The van der Waals surface area contributed by atoms with Gasteiger partial charge in [0.25, 0.3) is 5.91 Å². The van der Waals surface area contributed by atoms with Crippen molar-refractivity contribution in [3.8, 4) is 11.3 Å². The summed E-state index contributed by atoms with van der Waals surface area (Å²) in [4.78, 5) is 12.0. The Bertz CT molecular complexity index is 598. The molecule has 120 valence electrons. The van der Waals surface area contributed by atoms with Gasteiger partial charge < -0.3 is 15.1 Å². The van der Waals surface area contributed by atoms with Crippen LogP contribution in [0.3, 0.4) is 0 Å². The second-order valence-electron chi connectivity index (χ2n) is 4.84. The van der Waals surface area contributed by atoms with Crippen molar-refractivity contribution < 1.29 is 13.6 Å². The fourth-order valence-corrected chi connectivity index (χ4v) is 1.98. The first-order chi connectivity index (χ1) is 10.1. The summed E-state index contributed by atoms with van der Waals surface area (Å²) in [5.74, 6) is 0.228. The Labute approximate surface area is 135 Å². The average Bonchev–Trinajstić information content (AvgIpc) is 2.96. The van der Waals surface area contributed by atoms with Crippen LogP contribution in [-0.4, -0.2) is 25.0 Å². The van der Waals surface area contributed by atoms with Crippen LogP contribution in [-0.2, 0) is 0 Å². The molecule has 1 amide bonds. The molecule has 0 bridgehead atoms. The maximum Gasteiger partial charge on any atom is 0.287 e. The van der Waals surface area contributed by atoms with Crippen LogP contribution < -0.4 is 10.6 Å². The Morgan fingerprint density at radius 2 is 1.91 bits per heavy atom. The van der Waals surface area contributed by atoms with Gasteiger partial charge in [0.2, 0.25) is 0 Å². The lowest BCUT2D eigenvalue weighted by Crippen LogP contribution is -2.38. The molecule has 2 N–H and O–H groups in total. The maximum absolute atomic E-state index is 12.9. The number of furan rings is 1. The summed E-state index contributed by atoms with van der Waals surface area (Å²) in [5, 5.41) is 6.01. The number of rotatable bonds is 6. The molecule has 4 nitrogen and oxygen atoms in total. The lowest BCUT2D eigenvalue weighted by molar-refractivity contribution is 0.0923. The number of nitrogens with one attached hydrogen (secondary N) is 2. The molecule has 1 aromatic carbocycles. The molecule has 0 unspecified atom stereocenters. The number of likely N-dealkylation sites (N-methyl/N-ethyl adjacent to an activating group) is 1. The standard InChI is InChI=1S/C16H19FN2O2.ClH/c1-3-18-11(2)10-19-16(20)15-9-8-14(21-15)12-4-6-13(17)7-5-12;/h4-9,11,18H,3,10H2,1-2H3,(H,19,20);1H/t11-;/m1./s1. The van der Waals surface area contributed by atoms with Crippen molar-refractivity contribution in [2.45, 2.75) is 19.9 Å². The summed E-state index contributed by atoms with van der Waals surface area (Å²) in [5.41, 5.74) is 0.733. The average molecular weight is 327 g/mol. The normalized spacial score (nSPS) is 11.6. The maximum atomic E-state index is 12.9. The highest BCUT2D eigenvalue weighted by Gasteiger charge is 2.12. The summed E-state index contributed by atoms with van der Waals surface area (Å²) in [7, 11) is 0. The predicted molar refractivity (Wildman–Crippen MR) is 86.8 cm³/mol. The van der Waals surface area contributed by atoms with Crippen LogP contribution in [0.2, 0.25) is 0 Å². The third kappa shape index (κ3) is 4.86. The highest BCUT2D eigenvalue weighted by atomic mass is 35.5. The van der Waals surface area contributed by atoms with Gasteiger partial charge in [-0.1, -0.05) is 6.92 Å². The molecule has 0 spiro atoms. The summed E-state index contributed by atoms with van der Waals surface area (Å²) in [6, 6.07) is 9.46. The Kier molecular flexibility index (Phi) is 7.08. The molecule has 0 aliphatic rings. The first kappa shape index (κ1) is 18.2. The number of carbonyl (C=O) groups is 1. The molecular formula is C16H20ClFN2O2. The third-order valence-corrected chi connectivity index (χ3v) is 3.08. The molecule has 0 saturated heterocycles. The lowest BCUT2D eigenvalue weighted by Gasteiger charge is -2.12. The van der Waals surface area contributed by atoms with Crippen LogP contribution in [0.15, 0.2) is 40.8 Å². The number of halogens is 2. The summed E-state index contributed by atoms with van der Waals surface area (Å²) in [6.07, 6.45) is 0. The molecule has 2 rings (SSSR count). The molecule has 22 heavy (non-hydrogen) atoms. The highest BCUT2D eigenvalue weighted by molar-refractivity contribution is 5.92. The molecule has 0 aliphatic carbocycles. The first-order valence-electron chi connectivity index (χ1n) is 6.97. The molecule has 1 atom stereocenters. The fourth-order valence-electron chi connectivity index (χ4n) is 1.98. The topological polar surface area (TPSA) is 54.3 Å². The van der Waals surface area contributed by atoms with E-state index >= 15 is 0 Å². The molecule has 2 aromatic rings. The summed E-state index contributed by atoms with van der Waals surface area (Å²) < 4.78 is 18.4. The predicted octanol–water partition coefficient (Wildman–Crippen LogP) is 3.24. The summed E-state index contributed by atoms with van der Waals surface area (Å²) >= 11 is 0. The number of hydrogen-bond acceptors (Lipinski definition) is 3. The van der Waals surface area contributed by atoms with E-state index in [1.165, 1.54) is 12.1 Å². The van der Waals surface area contributed by atoms with Gasteiger partial charge >= 0.3 is 0 Å². The number of carbonyl (C=O) groups excluding carboxylic acids is 1. The van der Waals surface area contributed by atoms with Crippen molar-refractivity contribution in [1.29, 1.82) is 0 Å². The van der Waals surface area contributed by atoms with Gasteiger partial charge in [0.15, 0.2) is 5.76 Å². The minimum atomic E-state index is -0.305. The van der Waals surface area contributed by atoms with Gasteiger partial charge in [0.1, 0.15) is 11.6 Å². The van der Waals surface area contributed by atoms with Crippen molar-refractivity contribution in [2.24, 2.45) is 0 Å². The molecule has 0 fully saturated rings. The Morgan fingerprint density at radius 3 is 2.55 bits per heavy atom. The van der Waals surface area contributed by atoms with Gasteiger partial charge in [0.05, 0.1) is 0 Å². The third-order valence-electron chi connectivity index (χ3n) is 3.08. The smallest absolute Gasteiger partial charge is 0.287 e. The van der Waals surface area contributed by atoms with E-state index in [0.717, 1.165) is 12.1 Å². The quantitative estimate of drug-likeness (QED) is 0.857. The lowest BCUT2D eigenvalue weighted by atomic mass is 10.2. The Hall–Kier alpha value is -1.85. The van der Waals surface area contributed by atoms with Crippen LogP contribution in [0.1, 0.15) is 24.4 Å². The van der Waals surface area contributed by atoms with Crippen LogP contribution in [0.5, 0.6) is 0 Å². The van der Waals surface area contributed by atoms with E-state index in [-0.39, 0.29) is 35.9 Å². The summed E-state index contributed by atoms with van der Waals surface area (Å²) in [6.45, 7) is 5.39. The molecule has 0 radical (unpaired) electrons. The van der Waals surface area contributed by atoms with Gasteiger partial charge in [-0.3, -0.25) is 4.79 Å². The number of hydrogen-bond donors (Lipinski definition) is 2. The van der Waals surface area contributed by atoms with Crippen molar-refractivity contribution in [2.75, 3.05) is 13.1 Å². The monoisotopic (exact) mass is 326 g/mol. The zero-order valence-corrected chi connectivity index (χ0v) is 13.4. The van der Waals surface area contributed by atoms with E-state index in [4.69, 9.17) is 4.42 Å². The van der Waals surface area contributed by atoms with Crippen LogP contribution in [0.25, 0.3) is 11.3 Å². The van der Waals surface area contributed by atoms with Gasteiger partial charge in [-0.05, 0) is 49.9 Å². The molecule has 0 aliphatic heterocycles. The second kappa shape index (κ2) is 8.56. The SMILES string of the molecule is CCN[C@H](C)CNC(=O)c1ccc(-c2ccc(F)cc2)o1.Cl. The van der Waals surface area contributed by atoms with Crippen molar-refractivity contribution in [1.82, 2.24) is 10.6 Å². The van der Waals surface area contributed by atoms with Crippen LogP contribution in [0.4, 0.5) is 4.39 Å². The van der Waals surface area contributed by atoms with E-state index in [2.05, 4.69) is 10.6 Å². The van der Waals surface area contributed by atoms with Gasteiger partial charge in [-0.2, -0.15) is 0 Å². The van der Waals surface area contributed by atoms with E-state index in [1.807, 2.05) is 13.8 Å². The Balaban J connectivity index is 0.00000242. The second-order valence-corrected chi connectivity index (χ2v) is 4.84. The molecule has 0 saturated carbocycles. The molecular weight excluding hydrogens is 307 g/mol. The van der Waals surface area contributed by atoms with Crippen LogP contribution >= 0.6 is 12.4 Å². The van der Waals surface area contributed by atoms with Gasteiger partial charge in [0, 0.05) is 18.2 Å². The molecule has 6 heteroatoms. The van der Waals surface area contributed by atoms with Gasteiger partial charge in [-0.15, -0.1) is 12.4 Å².